The van der Waals surface area contributed by atoms with Gasteiger partial charge < -0.3 is 9.80 Å². The van der Waals surface area contributed by atoms with Gasteiger partial charge in [-0.3, -0.25) is 4.79 Å². The summed E-state index contributed by atoms with van der Waals surface area (Å²) < 4.78 is 1.12. The Morgan fingerprint density at radius 2 is 2.38 bits per heavy atom. The van der Waals surface area contributed by atoms with Crippen LogP contribution >= 0.6 is 15.9 Å². The van der Waals surface area contributed by atoms with Crippen LogP contribution < -0.4 is 0 Å². The molecule has 0 radical (unpaired) electrons. The highest BCUT2D eigenvalue weighted by atomic mass is 79.9. The first kappa shape index (κ1) is 10.7. The Labute approximate surface area is 87.5 Å². The quantitative estimate of drug-likeness (QED) is 0.728. The maximum Gasteiger partial charge on any atom is 0.237 e. The molecule has 1 aliphatic rings. The van der Waals surface area contributed by atoms with Gasteiger partial charge in [0, 0.05) is 11.0 Å². The topological polar surface area (TPSA) is 23.6 Å². The molecule has 1 amide bonds. The molecule has 13 heavy (non-hydrogen) atoms. The van der Waals surface area contributed by atoms with Crippen molar-refractivity contribution >= 4 is 21.8 Å². The number of amides is 1. The summed E-state index contributed by atoms with van der Waals surface area (Å²) in [6, 6.07) is 0. The molecule has 0 aliphatic carbocycles. The smallest absolute Gasteiger partial charge is 0.237 e. The molecular weight excluding hydrogens is 232 g/mol. The summed E-state index contributed by atoms with van der Waals surface area (Å²) in [7, 11) is 3.82. The zero-order chi connectivity index (χ0) is 9.84. The van der Waals surface area contributed by atoms with E-state index in [4.69, 9.17) is 0 Å². The highest BCUT2D eigenvalue weighted by Gasteiger charge is 2.16. The van der Waals surface area contributed by atoms with Crippen LogP contribution in [0.2, 0.25) is 0 Å². The van der Waals surface area contributed by atoms with Crippen LogP contribution in [0.3, 0.4) is 0 Å². The zero-order valence-electron chi connectivity index (χ0n) is 8.09. The standard InChI is InChI=1S/C9H15BrN2O/c1-11(2)7-9(13)12-5-3-4-8(10)6-12/h4H,3,5-7H2,1-2H3. The second kappa shape index (κ2) is 4.77. The summed E-state index contributed by atoms with van der Waals surface area (Å²) in [4.78, 5) is 15.4. The van der Waals surface area contributed by atoms with Crippen LogP contribution in [0.15, 0.2) is 10.6 Å². The van der Waals surface area contributed by atoms with Crippen molar-refractivity contribution in [3.8, 4) is 0 Å². The van der Waals surface area contributed by atoms with Gasteiger partial charge in [-0.15, -0.1) is 0 Å². The second-order valence-corrected chi connectivity index (χ2v) is 4.51. The lowest BCUT2D eigenvalue weighted by atomic mass is 10.2. The SMILES string of the molecule is CN(C)CC(=O)N1CCC=C(Br)C1. The average molecular weight is 247 g/mol. The number of hydrogen-bond donors (Lipinski definition) is 0. The molecule has 0 fully saturated rings. The van der Waals surface area contributed by atoms with E-state index in [-0.39, 0.29) is 5.91 Å². The summed E-state index contributed by atoms with van der Waals surface area (Å²) in [6.07, 6.45) is 3.08. The predicted octanol–water partition coefficient (Wildman–Crippen LogP) is 1.06. The molecule has 0 bridgehead atoms. The van der Waals surface area contributed by atoms with Crippen molar-refractivity contribution in [3.05, 3.63) is 10.6 Å². The molecule has 1 heterocycles. The van der Waals surface area contributed by atoms with Gasteiger partial charge in [0.15, 0.2) is 0 Å². The minimum atomic E-state index is 0.204. The lowest BCUT2D eigenvalue weighted by Crippen LogP contribution is -2.40. The first-order chi connectivity index (χ1) is 6.09. The molecule has 0 spiro atoms. The summed E-state index contributed by atoms with van der Waals surface area (Å²) >= 11 is 3.42. The Morgan fingerprint density at radius 1 is 1.69 bits per heavy atom. The van der Waals surface area contributed by atoms with Crippen LogP contribution in [0.25, 0.3) is 0 Å². The third kappa shape index (κ3) is 3.48. The molecule has 0 aromatic heterocycles. The van der Waals surface area contributed by atoms with E-state index in [1.54, 1.807) is 0 Å². The van der Waals surface area contributed by atoms with Crippen molar-refractivity contribution in [2.75, 3.05) is 33.7 Å². The van der Waals surface area contributed by atoms with Gasteiger partial charge in [-0.25, -0.2) is 0 Å². The van der Waals surface area contributed by atoms with Crippen LogP contribution in [-0.2, 0) is 4.79 Å². The number of nitrogens with zero attached hydrogens (tertiary/aromatic N) is 2. The number of hydrogen-bond acceptors (Lipinski definition) is 2. The monoisotopic (exact) mass is 246 g/mol. The molecule has 0 saturated carbocycles. The third-order valence-electron chi connectivity index (χ3n) is 1.91. The summed E-state index contributed by atoms with van der Waals surface area (Å²) in [5, 5.41) is 0. The van der Waals surface area contributed by atoms with E-state index in [0.717, 1.165) is 24.0 Å². The van der Waals surface area contributed by atoms with Crippen LogP contribution in [0.5, 0.6) is 0 Å². The molecule has 4 heteroatoms. The van der Waals surface area contributed by atoms with Gasteiger partial charge in [-0.2, -0.15) is 0 Å². The zero-order valence-corrected chi connectivity index (χ0v) is 9.67. The van der Waals surface area contributed by atoms with Gasteiger partial charge in [0.1, 0.15) is 0 Å². The van der Waals surface area contributed by atoms with Gasteiger partial charge >= 0.3 is 0 Å². The minimum Gasteiger partial charge on any atom is -0.336 e. The first-order valence-electron chi connectivity index (χ1n) is 4.36. The Bertz CT molecular complexity index is 226. The Balaban J connectivity index is 2.44. The lowest BCUT2D eigenvalue weighted by molar-refractivity contribution is -0.131. The van der Waals surface area contributed by atoms with Crippen molar-refractivity contribution in [3.63, 3.8) is 0 Å². The van der Waals surface area contributed by atoms with Gasteiger partial charge in [0.05, 0.1) is 13.1 Å². The number of rotatable bonds is 2. The fourth-order valence-corrected chi connectivity index (χ4v) is 1.82. The van der Waals surface area contributed by atoms with E-state index in [9.17, 15) is 4.79 Å². The van der Waals surface area contributed by atoms with Crippen LogP contribution in [0, 0.1) is 0 Å². The number of likely N-dealkylation sites (N-methyl/N-ethyl adjacent to an activating group) is 1. The summed E-state index contributed by atoms with van der Waals surface area (Å²) in [5.74, 6) is 0.204. The number of carbonyl (C=O) groups excluding carboxylic acids is 1. The van der Waals surface area contributed by atoms with Crippen LogP contribution in [0.1, 0.15) is 6.42 Å². The predicted molar refractivity (Wildman–Crippen MR) is 56.8 cm³/mol. The van der Waals surface area contributed by atoms with Crippen molar-refractivity contribution in [2.24, 2.45) is 0 Å². The fourth-order valence-electron chi connectivity index (χ4n) is 1.29. The molecule has 0 unspecified atom stereocenters. The molecule has 0 saturated heterocycles. The fraction of sp³-hybridized carbons (Fsp3) is 0.667. The van der Waals surface area contributed by atoms with Gasteiger partial charge in [0.25, 0.3) is 0 Å². The lowest BCUT2D eigenvalue weighted by Gasteiger charge is -2.26. The second-order valence-electron chi connectivity index (χ2n) is 3.49. The van der Waals surface area contributed by atoms with Gasteiger partial charge in [-0.05, 0) is 20.5 Å². The molecule has 1 rings (SSSR count). The molecule has 1 aliphatic heterocycles. The number of halogens is 1. The van der Waals surface area contributed by atoms with E-state index in [2.05, 4.69) is 22.0 Å². The van der Waals surface area contributed by atoms with Crippen LogP contribution in [0.4, 0.5) is 0 Å². The van der Waals surface area contributed by atoms with Crippen molar-refractivity contribution in [2.45, 2.75) is 6.42 Å². The maximum absolute atomic E-state index is 11.6. The normalized spacial score (nSPS) is 17.5. The van der Waals surface area contributed by atoms with Crippen LogP contribution in [-0.4, -0.2) is 49.4 Å². The molecule has 0 aromatic rings. The van der Waals surface area contributed by atoms with Crippen molar-refractivity contribution < 1.29 is 4.79 Å². The molecule has 0 atom stereocenters. The molecular formula is C9H15BrN2O. The number of carbonyl (C=O) groups is 1. The van der Waals surface area contributed by atoms with E-state index < -0.39 is 0 Å². The summed E-state index contributed by atoms with van der Waals surface area (Å²) in [5.41, 5.74) is 0. The van der Waals surface area contributed by atoms with Gasteiger partial charge in [0.2, 0.25) is 5.91 Å². The Kier molecular flexibility index (Phi) is 3.93. The summed E-state index contributed by atoms with van der Waals surface area (Å²) in [6.45, 7) is 2.08. The average Bonchev–Trinajstić information content (AvgIpc) is 2.03. The van der Waals surface area contributed by atoms with Crippen molar-refractivity contribution in [1.82, 2.24) is 9.80 Å². The minimum absolute atomic E-state index is 0.204. The van der Waals surface area contributed by atoms with Crippen molar-refractivity contribution in [1.29, 1.82) is 0 Å². The Hall–Kier alpha value is -0.350. The molecule has 3 nitrogen and oxygen atoms in total. The Morgan fingerprint density at radius 3 is 2.92 bits per heavy atom. The van der Waals surface area contributed by atoms with E-state index >= 15 is 0 Å². The largest absolute Gasteiger partial charge is 0.336 e. The first-order valence-corrected chi connectivity index (χ1v) is 5.16. The maximum atomic E-state index is 11.6. The molecule has 0 N–H and O–H groups in total. The highest BCUT2D eigenvalue weighted by molar-refractivity contribution is 9.11. The molecule has 0 aromatic carbocycles. The molecule has 74 valence electrons. The van der Waals surface area contributed by atoms with E-state index in [1.165, 1.54) is 0 Å². The van der Waals surface area contributed by atoms with Gasteiger partial charge in [-0.1, -0.05) is 22.0 Å². The van der Waals surface area contributed by atoms with E-state index in [1.807, 2.05) is 23.9 Å². The third-order valence-corrected chi connectivity index (χ3v) is 2.49. The van der Waals surface area contributed by atoms with E-state index in [0.29, 0.717) is 6.54 Å². The highest BCUT2D eigenvalue weighted by Crippen LogP contribution is 2.14.